The number of hydrogen-bond donors (Lipinski definition) is 0. The van der Waals surface area contributed by atoms with E-state index in [1.807, 2.05) is 35.2 Å². The molecule has 2 aromatic carbocycles. The third-order valence-electron chi connectivity index (χ3n) is 5.08. The molecular weight excluding hydrogens is 402 g/mol. The summed E-state index contributed by atoms with van der Waals surface area (Å²) in [7, 11) is 0. The van der Waals surface area contributed by atoms with E-state index in [1.165, 1.54) is 5.56 Å². The van der Waals surface area contributed by atoms with Gasteiger partial charge in [0.05, 0.1) is 16.6 Å². The zero-order chi connectivity index (χ0) is 20.1. The summed E-state index contributed by atoms with van der Waals surface area (Å²) < 4.78 is 1.15. The summed E-state index contributed by atoms with van der Waals surface area (Å²) in [4.78, 5) is 22.3. The summed E-state index contributed by atoms with van der Waals surface area (Å²) in [6.07, 6.45) is 0.396. The lowest BCUT2D eigenvalue weighted by Crippen LogP contribution is -2.39. The lowest BCUT2D eigenvalue weighted by molar-refractivity contribution is -0.118. The Hall–Kier alpha value is -1.95. The number of likely N-dealkylation sites (N-methyl/N-ethyl adjacent to an activating group) is 1. The Kier molecular flexibility index (Phi) is 8.62. The molecular formula is C23H30ClN3OS. The Morgan fingerprint density at radius 3 is 2.38 bits per heavy atom. The molecule has 1 aromatic heterocycles. The van der Waals surface area contributed by atoms with Crippen molar-refractivity contribution in [1.82, 2.24) is 9.88 Å². The molecule has 0 aliphatic carbocycles. The third-order valence-corrected chi connectivity index (χ3v) is 6.11. The van der Waals surface area contributed by atoms with Gasteiger partial charge < -0.3 is 4.90 Å². The average Bonchev–Trinajstić information content (AvgIpc) is 3.10. The van der Waals surface area contributed by atoms with Crippen molar-refractivity contribution in [2.24, 2.45) is 0 Å². The highest BCUT2D eigenvalue weighted by molar-refractivity contribution is 7.22. The number of rotatable bonds is 8. The summed E-state index contributed by atoms with van der Waals surface area (Å²) in [5.41, 5.74) is 4.43. The maximum absolute atomic E-state index is 13.2. The minimum absolute atomic E-state index is 0. The molecule has 0 saturated carbocycles. The second-order valence-electron chi connectivity index (χ2n) is 7.16. The van der Waals surface area contributed by atoms with Crippen LogP contribution in [0.4, 0.5) is 5.13 Å². The van der Waals surface area contributed by atoms with E-state index < -0.39 is 0 Å². The number of amides is 1. The standard InChI is InChI=1S/C23H29N3OS.ClH/c1-5-25(6-2)12-13-26(21(27)16-19-10-8-7-9-11-19)23-24-22-18(4)14-17(3)15-20(22)28-23;/h7-11,14-15H,5-6,12-13,16H2,1-4H3;1H. The first-order valence-electron chi connectivity index (χ1n) is 9.96. The van der Waals surface area contributed by atoms with Crippen LogP contribution in [0.3, 0.4) is 0 Å². The van der Waals surface area contributed by atoms with E-state index in [0.717, 1.165) is 46.1 Å². The van der Waals surface area contributed by atoms with Crippen LogP contribution in [-0.2, 0) is 11.2 Å². The molecule has 0 unspecified atom stereocenters. The second kappa shape index (κ2) is 10.7. The van der Waals surface area contributed by atoms with Gasteiger partial charge in [-0.2, -0.15) is 0 Å². The van der Waals surface area contributed by atoms with Gasteiger partial charge in [-0.3, -0.25) is 9.69 Å². The molecule has 0 bridgehead atoms. The number of halogens is 1. The molecule has 0 N–H and O–H groups in total. The lowest BCUT2D eigenvalue weighted by Gasteiger charge is -2.24. The predicted molar refractivity (Wildman–Crippen MR) is 127 cm³/mol. The predicted octanol–water partition coefficient (Wildman–Crippen LogP) is 5.25. The highest BCUT2D eigenvalue weighted by atomic mass is 35.5. The Balaban J connectivity index is 0.00000300. The van der Waals surface area contributed by atoms with Crippen molar-refractivity contribution < 1.29 is 4.79 Å². The minimum Gasteiger partial charge on any atom is -0.302 e. The minimum atomic E-state index is 0. The fraction of sp³-hybridized carbons (Fsp3) is 0.391. The van der Waals surface area contributed by atoms with Gasteiger partial charge in [-0.05, 0) is 49.7 Å². The van der Waals surface area contributed by atoms with Gasteiger partial charge in [0.25, 0.3) is 0 Å². The van der Waals surface area contributed by atoms with Crippen LogP contribution in [0.2, 0.25) is 0 Å². The van der Waals surface area contributed by atoms with Gasteiger partial charge in [-0.1, -0.05) is 61.6 Å². The number of aromatic nitrogens is 1. The number of hydrogen-bond acceptors (Lipinski definition) is 4. The van der Waals surface area contributed by atoms with Crippen LogP contribution in [0.1, 0.15) is 30.5 Å². The number of aryl methyl sites for hydroxylation is 2. The highest BCUT2D eigenvalue weighted by Gasteiger charge is 2.21. The number of fused-ring (bicyclic) bond motifs is 1. The van der Waals surface area contributed by atoms with Crippen molar-refractivity contribution in [3.8, 4) is 0 Å². The molecule has 156 valence electrons. The number of thiazole rings is 1. The Labute approximate surface area is 184 Å². The van der Waals surface area contributed by atoms with Gasteiger partial charge in [0.2, 0.25) is 5.91 Å². The summed E-state index contributed by atoms with van der Waals surface area (Å²) in [6.45, 7) is 12.0. The molecule has 0 aliphatic heterocycles. The van der Waals surface area contributed by atoms with E-state index >= 15 is 0 Å². The fourth-order valence-electron chi connectivity index (χ4n) is 3.45. The van der Waals surface area contributed by atoms with Crippen LogP contribution in [0.5, 0.6) is 0 Å². The molecule has 0 fully saturated rings. The molecule has 29 heavy (non-hydrogen) atoms. The molecule has 4 nitrogen and oxygen atoms in total. The van der Waals surface area contributed by atoms with Crippen molar-refractivity contribution in [3.05, 3.63) is 59.2 Å². The van der Waals surface area contributed by atoms with E-state index in [9.17, 15) is 4.79 Å². The van der Waals surface area contributed by atoms with E-state index in [1.54, 1.807) is 11.3 Å². The lowest BCUT2D eigenvalue weighted by atomic mass is 10.1. The highest BCUT2D eigenvalue weighted by Crippen LogP contribution is 2.32. The second-order valence-corrected chi connectivity index (χ2v) is 8.17. The van der Waals surface area contributed by atoms with E-state index in [4.69, 9.17) is 4.98 Å². The van der Waals surface area contributed by atoms with Crippen molar-refractivity contribution in [3.63, 3.8) is 0 Å². The van der Waals surface area contributed by atoms with Crippen molar-refractivity contribution in [2.75, 3.05) is 31.1 Å². The quantitative estimate of drug-likeness (QED) is 0.488. The molecule has 0 atom stereocenters. The molecule has 6 heteroatoms. The maximum atomic E-state index is 13.2. The van der Waals surface area contributed by atoms with Crippen LogP contribution in [0.15, 0.2) is 42.5 Å². The largest absolute Gasteiger partial charge is 0.302 e. The van der Waals surface area contributed by atoms with Gasteiger partial charge in [0, 0.05) is 13.1 Å². The third kappa shape index (κ3) is 5.78. The van der Waals surface area contributed by atoms with Crippen LogP contribution in [0.25, 0.3) is 10.2 Å². The molecule has 0 radical (unpaired) electrons. The first-order valence-corrected chi connectivity index (χ1v) is 10.8. The normalized spacial score (nSPS) is 10.9. The molecule has 0 saturated heterocycles. The molecule has 1 amide bonds. The average molecular weight is 432 g/mol. The van der Waals surface area contributed by atoms with Crippen molar-refractivity contribution in [2.45, 2.75) is 34.1 Å². The molecule has 3 aromatic rings. The number of carbonyl (C=O) groups excluding carboxylic acids is 1. The van der Waals surface area contributed by atoms with Crippen molar-refractivity contribution in [1.29, 1.82) is 0 Å². The summed E-state index contributed by atoms with van der Waals surface area (Å²) in [5, 5.41) is 0.803. The number of benzene rings is 2. The fourth-order valence-corrected chi connectivity index (χ4v) is 4.63. The van der Waals surface area contributed by atoms with Gasteiger partial charge in [0.1, 0.15) is 0 Å². The summed E-state index contributed by atoms with van der Waals surface area (Å²) in [6, 6.07) is 14.3. The first kappa shape index (κ1) is 23.3. The van der Waals surface area contributed by atoms with E-state index in [-0.39, 0.29) is 18.3 Å². The topological polar surface area (TPSA) is 36.4 Å². The van der Waals surface area contributed by atoms with Crippen LogP contribution in [-0.4, -0.2) is 42.0 Å². The molecule has 1 heterocycles. The summed E-state index contributed by atoms with van der Waals surface area (Å²) in [5.74, 6) is 0.104. The van der Waals surface area contributed by atoms with Crippen molar-refractivity contribution >= 4 is 45.0 Å². The van der Waals surface area contributed by atoms with Gasteiger partial charge in [-0.15, -0.1) is 12.4 Å². The van der Waals surface area contributed by atoms with Crippen LogP contribution >= 0.6 is 23.7 Å². The smallest absolute Gasteiger partial charge is 0.233 e. The molecule has 0 spiro atoms. The number of anilines is 1. The number of carbonyl (C=O) groups is 1. The Morgan fingerprint density at radius 2 is 1.72 bits per heavy atom. The number of nitrogens with zero attached hydrogens (tertiary/aromatic N) is 3. The molecule has 3 rings (SSSR count). The van der Waals surface area contributed by atoms with Gasteiger partial charge >= 0.3 is 0 Å². The van der Waals surface area contributed by atoms with Crippen LogP contribution in [0, 0.1) is 13.8 Å². The SMILES string of the molecule is CCN(CC)CCN(C(=O)Cc1ccccc1)c1nc2c(C)cc(C)cc2s1.Cl. The Morgan fingerprint density at radius 1 is 1.03 bits per heavy atom. The zero-order valence-corrected chi connectivity index (χ0v) is 19.3. The zero-order valence-electron chi connectivity index (χ0n) is 17.6. The van der Waals surface area contributed by atoms with Crippen LogP contribution < -0.4 is 4.90 Å². The Bertz CT molecular complexity index is 938. The summed E-state index contributed by atoms with van der Waals surface area (Å²) >= 11 is 1.61. The molecule has 0 aliphatic rings. The maximum Gasteiger partial charge on any atom is 0.233 e. The monoisotopic (exact) mass is 431 g/mol. The van der Waals surface area contributed by atoms with E-state index in [2.05, 4.69) is 44.7 Å². The first-order chi connectivity index (χ1) is 13.5. The van der Waals surface area contributed by atoms with Gasteiger partial charge in [0.15, 0.2) is 5.13 Å². The van der Waals surface area contributed by atoms with E-state index in [0.29, 0.717) is 13.0 Å². The van der Waals surface area contributed by atoms with Gasteiger partial charge in [-0.25, -0.2) is 4.98 Å².